The maximum Gasteiger partial charge on any atom is 0.419 e. The second-order valence-corrected chi connectivity index (χ2v) is 7.08. The fourth-order valence-corrected chi connectivity index (χ4v) is 3.16. The number of halogens is 5. The Bertz CT molecular complexity index is 1190. The lowest BCUT2D eigenvalue weighted by atomic mass is 10.2. The lowest BCUT2D eigenvalue weighted by Gasteiger charge is -2.12. The predicted octanol–water partition coefficient (Wildman–Crippen LogP) is 5.33. The Kier molecular flexibility index (Phi) is 5.48. The summed E-state index contributed by atoms with van der Waals surface area (Å²) in [6, 6.07) is 9.80. The highest BCUT2D eigenvalue weighted by molar-refractivity contribution is 9.10. The highest BCUT2D eigenvalue weighted by atomic mass is 79.9. The average molecular weight is 501 g/mol. The summed E-state index contributed by atoms with van der Waals surface area (Å²) in [5.41, 5.74) is -0.506. The van der Waals surface area contributed by atoms with Gasteiger partial charge in [0.2, 0.25) is 0 Å². The van der Waals surface area contributed by atoms with Crippen LogP contribution in [0.15, 0.2) is 57.7 Å². The Labute approximate surface area is 180 Å². The summed E-state index contributed by atoms with van der Waals surface area (Å²) >= 11 is 9.46. The summed E-state index contributed by atoms with van der Waals surface area (Å²) in [4.78, 5) is 4.19. The van der Waals surface area contributed by atoms with Crippen LogP contribution in [0.2, 0.25) is 5.02 Å². The Morgan fingerprint density at radius 1 is 1.13 bits per heavy atom. The number of alkyl halides is 3. The largest absolute Gasteiger partial charge is 0.483 e. The molecule has 7 nitrogen and oxygen atoms in total. The number of hydrogen-bond donors (Lipinski definition) is 0. The molecular weight excluding hydrogens is 491 g/mol. The normalized spacial score (nSPS) is 11.6. The van der Waals surface area contributed by atoms with Crippen LogP contribution in [0.4, 0.5) is 13.2 Å². The van der Waals surface area contributed by atoms with Crippen molar-refractivity contribution >= 4 is 27.5 Å². The van der Waals surface area contributed by atoms with Crippen LogP contribution >= 0.6 is 27.5 Å². The minimum Gasteiger partial charge on any atom is -0.483 e. The van der Waals surface area contributed by atoms with Gasteiger partial charge in [0, 0.05) is 12.3 Å². The summed E-state index contributed by atoms with van der Waals surface area (Å²) in [5, 5.41) is 12.4. The van der Waals surface area contributed by atoms with E-state index in [0.29, 0.717) is 21.1 Å². The smallest absolute Gasteiger partial charge is 0.419 e. The van der Waals surface area contributed by atoms with E-state index in [1.165, 1.54) is 22.9 Å². The molecule has 0 atom stereocenters. The summed E-state index contributed by atoms with van der Waals surface area (Å²) in [6.45, 7) is -0.347. The molecule has 0 aliphatic heterocycles. The predicted molar refractivity (Wildman–Crippen MR) is 103 cm³/mol. The van der Waals surface area contributed by atoms with Crippen LogP contribution in [-0.4, -0.2) is 25.0 Å². The third-order valence-corrected chi connectivity index (χ3v) is 4.53. The molecule has 4 aromatic rings. The third-order valence-electron chi connectivity index (χ3n) is 3.85. The molecule has 0 bridgehead atoms. The number of aromatic nitrogens is 5. The lowest BCUT2D eigenvalue weighted by molar-refractivity contribution is -0.139. The number of benzene rings is 1. The maximum atomic E-state index is 13.1. The maximum absolute atomic E-state index is 13.1. The van der Waals surface area contributed by atoms with E-state index in [0.717, 1.165) is 6.07 Å². The molecule has 1 aromatic carbocycles. The van der Waals surface area contributed by atoms with Crippen LogP contribution in [-0.2, 0) is 12.8 Å². The number of rotatable bonds is 5. The summed E-state index contributed by atoms with van der Waals surface area (Å²) in [6.07, 6.45) is -3.00. The molecule has 0 spiro atoms. The van der Waals surface area contributed by atoms with Crippen molar-refractivity contribution in [2.45, 2.75) is 12.8 Å². The van der Waals surface area contributed by atoms with Gasteiger partial charge in [-0.05, 0) is 40.2 Å². The molecule has 0 aliphatic rings. The number of ether oxygens (including phenoxy) is 1. The highest BCUT2D eigenvalue weighted by Gasteiger charge is 2.34. The fraction of sp³-hybridized carbons (Fsp3) is 0.111. The van der Waals surface area contributed by atoms with Gasteiger partial charge in [-0.15, -0.1) is 10.2 Å². The van der Waals surface area contributed by atoms with Crippen LogP contribution in [0.5, 0.6) is 5.75 Å². The fourth-order valence-electron chi connectivity index (χ4n) is 2.58. The van der Waals surface area contributed by atoms with Gasteiger partial charge in [0.05, 0.1) is 10.6 Å². The van der Waals surface area contributed by atoms with Gasteiger partial charge in [-0.25, -0.2) is 9.67 Å². The van der Waals surface area contributed by atoms with Crippen molar-refractivity contribution in [3.05, 3.63) is 69.7 Å². The molecule has 30 heavy (non-hydrogen) atoms. The van der Waals surface area contributed by atoms with Crippen molar-refractivity contribution < 1.29 is 22.3 Å². The van der Waals surface area contributed by atoms with Crippen LogP contribution in [0.3, 0.4) is 0 Å². The molecule has 4 rings (SSSR count). The molecule has 0 saturated heterocycles. The van der Waals surface area contributed by atoms with Crippen LogP contribution in [0.1, 0.15) is 11.5 Å². The van der Waals surface area contributed by atoms with Crippen LogP contribution < -0.4 is 4.74 Å². The van der Waals surface area contributed by atoms with Gasteiger partial charge in [0.25, 0.3) is 11.8 Å². The quantitative estimate of drug-likeness (QED) is 0.368. The average Bonchev–Trinajstić information content (AvgIpc) is 3.32. The summed E-state index contributed by atoms with van der Waals surface area (Å²) in [5.74, 6) is 0.0587. The standard InChI is InChI=1S/C18H10BrClF3N5O2/c19-14-8-12(28(27-14)16-11(20)5-3-7-24-16)17-26-25-15(30-17)9-29-13-6-2-1-4-10(13)18(21,22)23/h1-8H,9H2. The number of pyridine rings is 1. The van der Waals surface area contributed by atoms with Crippen molar-refractivity contribution in [3.63, 3.8) is 0 Å². The number of nitrogens with zero attached hydrogens (tertiary/aromatic N) is 5. The molecule has 3 heterocycles. The second-order valence-electron chi connectivity index (χ2n) is 5.86. The first-order chi connectivity index (χ1) is 14.3. The Morgan fingerprint density at radius 3 is 2.70 bits per heavy atom. The molecule has 0 N–H and O–H groups in total. The SMILES string of the molecule is FC(F)(F)c1ccccc1OCc1nnc(-c2cc(Br)nn2-c2ncccc2Cl)o1. The van der Waals surface area contributed by atoms with Gasteiger partial charge >= 0.3 is 6.18 Å². The molecule has 154 valence electrons. The lowest BCUT2D eigenvalue weighted by Crippen LogP contribution is -2.08. The van der Waals surface area contributed by atoms with E-state index >= 15 is 0 Å². The zero-order chi connectivity index (χ0) is 21.3. The molecule has 0 aliphatic carbocycles. The highest BCUT2D eigenvalue weighted by Crippen LogP contribution is 2.36. The van der Waals surface area contributed by atoms with Gasteiger partial charge < -0.3 is 9.15 Å². The van der Waals surface area contributed by atoms with Crippen molar-refractivity contribution in [3.8, 4) is 23.2 Å². The first-order valence-electron chi connectivity index (χ1n) is 8.31. The zero-order valence-corrected chi connectivity index (χ0v) is 17.1. The van der Waals surface area contributed by atoms with Crippen LogP contribution in [0, 0.1) is 0 Å². The minimum absolute atomic E-state index is 0.0158. The van der Waals surface area contributed by atoms with Gasteiger partial charge in [-0.3, -0.25) is 0 Å². The van der Waals surface area contributed by atoms with E-state index in [4.69, 9.17) is 20.8 Å². The van der Waals surface area contributed by atoms with Crippen molar-refractivity contribution in [1.82, 2.24) is 25.0 Å². The van der Waals surface area contributed by atoms with E-state index in [1.807, 2.05) is 0 Å². The van der Waals surface area contributed by atoms with Gasteiger partial charge in [-0.1, -0.05) is 23.7 Å². The first kappa shape index (κ1) is 20.4. The van der Waals surface area contributed by atoms with Crippen molar-refractivity contribution in [1.29, 1.82) is 0 Å². The van der Waals surface area contributed by atoms with E-state index < -0.39 is 11.7 Å². The topological polar surface area (TPSA) is 78.9 Å². The first-order valence-corrected chi connectivity index (χ1v) is 9.48. The van der Waals surface area contributed by atoms with Crippen molar-refractivity contribution in [2.75, 3.05) is 0 Å². The zero-order valence-electron chi connectivity index (χ0n) is 14.8. The van der Waals surface area contributed by atoms with Crippen LogP contribution in [0.25, 0.3) is 17.4 Å². The second kappa shape index (κ2) is 8.07. The molecule has 3 aromatic heterocycles. The molecule has 12 heteroatoms. The van der Waals surface area contributed by atoms with Gasteiger partial charge in [-0.2, -0.15) is 18.3 Å². The molecule has 0 saturated carbocycles. The summed E-state index contributed by atoms with van der Waals surface area (Å²) < 4.78 is 51.9. The van der Waals surface area contributed by atoms with E-state index in [2.05, 4.69) is 36.2 Å². The van der Waals surface area contributed by atoms with E-state index in [1.54, 1.807) is 24.4 Å². The minimum atomic E-state index is -4.54. The Balaban J connectivity index is 1.59. The third kappa shape index (κ3) is 4.17. The van der Waals surface area contributed by atoms with E-state index in [9.17, 15) is 13.2 Å². The van der Waals surface area contributed by atoms with Crippen molar-refractivity contribution in [2.24, 2.45) is 0 Å². The molecule has 0 amide bonds. The molecule has 0 radical (unpaired) electrons. The summed E-state index contributed by atoms with van der Waals surface area (Å²) in [7, 11) is 0. The number of para-hydroxylation sites is 1. The monoisotopic (exact) mass is 499 g/mol. The van der Waals surface area contributed by atoms with Gasteiger partial charge in [0.15, 0.2) is 12.4 Å². The Hall–Kier alpha value is -2.92. The molecular formula is C18H10BrClF3N5O2. The Morgan fingerprint density at radius 2 is 1.93 bits per heavy atom. The number of hydrogen-bond acceptors (Lipinski definition) is 6. The van der Waals surface area contributed by atoms with E-state index in [-0.39, 0.29) is 24.1 Å². The molecule has 0 unspecified atom stereocenters. The van der Waals surface area contributed by atoms with Gasteiger partial charge in [0.1, 0.15) is 16.0 Å². The molecule has 0 fully saturated rings.